The number of nitrogens with one attached hydrogen (secondary N) is 1. The average molecular weight is 351 g/mol. The van der Waals surface area contributed by atoms with Crippen LogP contribution in [0.4, 0.5) is 9.18 Å². The van der Waals surface area contributed by atoms with Gasteiger partial charge in [0.2, 0.25) is 0 Å². The van der Waals surface area contributed by atoms with Gasteiger partial charge in [-0.2, -0.15) is 0 Å². The Morgan fingerprint density at radius 2 is 1.76 bits per heavy atom. The first-order valence-electron chi connectivity index (χ1n) is 8.41. The van der Waals surface area contributed by atoms with E-state index in [-0.39, 0.29) is 12.4 Å². The molecule has 1 aliphatic rings. The molecule has 0 aromatic heterocycles. The van der Waals surface area contributed by atoms with Gasteiger partial charge in [-0.1, -0.05) is 6.07 Å². The van der Waals surface area contributed by atoms with Crippen molar-refractivity contribution < 1.29 is 23.2 Å². The summed E-state index contributed by atoms with van der Waals surface area (Å²) in [5.74, 6) is -0.388. The monoisotopic (exact) mass is 351 g/mol. The van der Waals surface area contributed by atoms with Gasteiger partial charge in [0.25, 0.3) is 0 Å². The highest BCUT2D eigenvalue weighted by Gasteiger charge is 2.52. The lowest BCUT2D eigenvalue weighted by atomic mass is 9.76. The quantitative estimate of drug-likeness (QED) is 0.850. The minimum absolute atomic E-state index is 0.117. The second kappa shape index (κ2) is 6.61. The topological polar surface area (TPSA) is 56.8 Å². The molecule has 1 fully saturated rings. The summed E-state index contributed by atoms with van der Waals surface area (Å²) in [5, 5.41) is 2.65. The second-order valence-electron chi connectivity index (χ2n) is 8.29. The van der Waals surface area contributed by atoms with Gasteiger partial charge in [0, 0.05) is 6.54 Å². The molecule has 5 nitrogen and oxygen atoms in total. The summed E-state index contributed by atoms with van der Waals surface area (Å²) < 4.78 is 31.0. The summed E-state index contributed by atoms with van der Waals surface area (Å²) in [6, 6.07) is 4.36. The van der Waals surface area contributed by atoms with E-state index >= 15 is 0 Å². The van der Waals surface area contributed by atoms with Crippen LogP contribution in [0.1, 0.15) is 54.0 Å². The van der Waals surface area contributed by atoms with Crippen molar-refractivity contribution in [3.8, 4) is 0 Å². The summed E-state index contributed by atoms with van der Waals surface area (Å²) in [6.07, 6.45) is -0.559. The van der Waals surface area contributed by atoms with E-state index in [1.807, 2.05) is 27.7 Å². The molecule has 0 unspecified atom stereocenters. The van der Waals surface area contributed by atoms with E-state index in [1.165, 1.54) is 12.1 Å². The fraction of sp³-hybridized carbons (Fsp3) is 0.611. The second-order valence-corrected chi connectivity index (χ2v) is 8.29. The number of hydrogen-bond donors (Lipinski definition) is 1. The van der Waals surface area contributed by atoms with Gasteiger partial charge < -0.3 is 19.4 Å². The Kier molecular flexibility index (Phi) is 5.22. The molecule has 0 aliphatic carbocycles. The molecule has 1 aromatic carbocycles. The molecule has 25 heavy (non-hydrogen) atoms. The van der Waals surface area contributed by atoms with Crippen LogP contribution in [0.5, 0.6) is 0 Å². The van der Waals surface area contributed by atoms with Crippen molar-refractivity contribution in [3.05, 3.63) is 29.6 Å². The third kappa shape index (κ3) is 4.73. The van der Waals surface area contributed by atoms with Crippen molar-refractivity contribution in [1.29, 1.82) is 0 Å². The van der Waals surface area contributed by atoms with E-state index < -0.39 is 30.0 Å². The van der Waals surface area contributed by atoms with Gasteiger partial charge in [-0.3, -0.25) is 0 Å². The largest absolute Gasteiger partial charge is 0.495 e. The van der Waals surface area contributed by atoms with E-state index in [2.05, 4.69) is 5.32 Å². The van der Waals surface area contributed by atoms with Gasteiger partial charge in [-0.25, -0.2) is 9.18 Å². The third-order valence-electron chi connectivity index (χ3n) is 4.43. The van der Waals surface area contributed by atoms with E-state index in [0.717, 1.165) is 0 Å². The SMILES string of the molecule is CC(C)(C)OC(=O)NCc1cc(F)ccc1B1OC(C)(C)C(C)(C)O1. The standard InChI is InChI=1S/C18H27BFNO4/c1-16(2,3)23-15(22)21-11-12-10-13(20)8-9-14(12)19-24-17(4,5)18(6,7)25-19/h8-10H,11H2,1-7H3,(H,21,22). The third-order valence-corrected chi connectivity index (χ3v) is 4.43. The van der Waals surface area contributed by atoms with Gasteiger partial charge in [-0.15, -0.1) is 0 Å². The first-order chi connectivity index (χ1) is 11.3. The fourth-order valence-corrected chi connectivity index (χ4v) is 2.41. The fourth-order valence-electron chi connectivity index (χ4n) is 2.41. The molecule has 1 N–H and O–H groups in total. The molecule has 0 radical (unpaired) electrons. The summed E-state index contributed by atoms with van der Waals surface area (Å²) >= 11 is 0. The summed E-state index contributed by atoms with van der Waals surface area (Å²) in [7, 11) is -0.624. The van der Waals surface area contributed by atoms with Gasteiger partial charge >= 0.3 is 13.2 Å². The Morgan fingerprint density at radius 3 is 2.28 bits per heavy atom. The summed E-state index contributed by atoms with van der Waals surface area (Å²) in [4.78, 5) is 11.9. The average Bonchev–Trinajstić information content (AvgIpc) is 2.63. The highest BCUT2D eigenvalue weighted by atomic mass is 19.1. The summed E-state index contributed by atoms with van der Waals surface area (Å²) in [6.45, 7) is 13.3. The Balaban J connectivity index is 2.17. The van der Waals surface area contributed by atoms with Crippen molar-refractivity contribution in [3.63, 3.8) is 0 Å². The molecular formula is C18H27BFNO4. The van der Waals surface area contributed by atoms with Crippen molar-refractivity contribution in [2.24, 2.45) is 0 Å². The van der Waals surface area contributed by atoms with Crippen LogP contribution in [-0.4, -0.2) is 30.0 Å². The first kappa shape index (κ1) is 19.7. The van der Waals surface area contributed by atoms with E-state index in [9.17, 15) is 9.18 Å². The van der Waals surface area contributed by atoms with E-state index in [4.69, 9.17) is 14.0 Å². The predicted octanol–water partition coefficient (Wildman–Crippen LogP) is 3.15. The summed E-state index contributed by atoms with van der Waals surface area (Å²) in [5.41, 5.74) is -0.315. The number of amides is 1. The number of carbonyl (C=O) groups excluding carboxylic acids is 1. The lowest BCUT2D eigenvalue weighted by molar-refractivity contribution is 0.00578. The van der Waals surface area contributed by atoms with E-state index in [1.54, 1.807) is 26.8 Å². The molecule has 0 saturated carbocycles. The van der Waals surface area contributed by atoms with Crippen molar-refractivity contribution in [1.82, 2.24) is 5.32 Å². The van der Waals surface area contributed by atoms with Crippen molar-refractivity contribution in [2.45, 2.75) is 71.8 Å². The van der Waals surface area contributed by atoms with Crippen LogP contribution in [0.3, 0.4) is 0 Å². The Labute approximate surface area is 149 Å². The van der Waals surface area contributed by atoms with Crippen LogP contribution < -0.4 is 10.8 Å². The molecule has 1 heterocycles. The maximum atomic E-state index is 13.7. The lowest BCUT2D eigenvalue weighted by Crippen LogP contribution is -2.41. The zero-order chi connectivity index (χ0) is 19.0. The zero-order valence-electron chi connectivity index (χ0n) is 16.0. The molecule has 1 saturated heterocycles. The Hall–Kier alpha value is -1.60. The number of halogens is 1. The highest BCUT2D eigenvalue weighted by molar-refractivity contribution is 6.62. The number of rotatable bonds is 3. The molecule has 1 aromatic rings. The van der Waals surface area contributed by atoms with Gasteiger partial charge in [0.15, 0.2) is 0 Å². The minimum Gasteiger partial charge on any atom is -0.444 e. The minimum atomic E-state index is -0.624. The van der Waals surface area contributed by atoms with Crippen LogP contribution in [0.25, 0.3) is 0 Å². The van der Waals surface area contributed by atoms with Gasteiger partial charge in [0.1, 0.15) is 11.4 Å². The van der Waals surface area contributed by atoms with Crippen LogP contribution in [-0.2, 0) is 20.6 Å². The highest BCUT2D eigenvalue weighted by Crippen LogP contribution is 2.36. The molecular weight excluding hydrogens is 324 g/mol. The Morgan fingerprint density at radius 1 is 1.20 bits per heavy atom. The van der Waals surface area contributed by atoms with Crippen molar-refractivity contribution >= 4 is 18.7 Å². The zero-order valence-corrected chi connectivity index (χ0v) is 16.0. The molecule has 0 spiro atoms. The molecule has 1 aliphatic heterocycles. The van der Waals surface area contributed by atoms with Crippen LogP contribution in [0.2, 0.25) is 0 Å². The normalized spacial score (nSPS) is 19.0. The van der Waals surface area contributed by atoms with Gasteiger partial charge in [-0.05, 0) is 71.6 Å². The van der Waals surface area contributed by atoms with Crippen LogP contribution >= 0.6 is 0 Å². The number of ether oxygens (including phenoxy) is 1. The number of benzene rings is 1. The number of carbonyl (C=O) groups is 1. The molecule has 138 valence electrons. The maximum Gasteiger partial charge on any atom is 0.495 e. The number of alkyl carbamates (subject to hydrolysis) is 1. The van der Waals surface area contributed by atoms with E-state index in [0.29, 0.717) is 11.0 Å². The molecule has 2 rings (SSSR count). The maximum absolute atomic E-state index is 13.7. The molecule has 0 atom stereocenters. The first-order valence-corrected chi connectivity index (χ1v) is 8.41. The smallest absolute Gasteiger partial charge is 0.444 e. The predicted molar refractivity (Wildman–Crippen MR) is 95.2 cm³/mol. The van der Waals surface area contributed by atoms with Crippen LogP contribution in [0.15, 0.2) is 18.2 Å². The molecule has 1 amide bonds. The van der Waals surface area contributed by atoms with Crippen molar-refractivity contribution in [2.75, 3.05) is 0 Å². The Bertz CT molecular complexity index is 639. The van der Waals surface area contributed by atoms with Gasteiger partial charge in [0.05, 0.1) is 11.2 Å². The lowest BCUT2D eigenvalue weighted by Gasteiger charge is -2.32. The number of hydrogen-bond acceptors (Lipinski definition) is 4. The molecule has 7 heteroatoms. The molecule has 0 bridgehead atoms. The van der Waals surface area contributed by atoms with Crippen LogP contribution in [0, 0.1) is 5.82 Å².